The Hall–Kier alpha value is -3.72. The highest BCUT2D eigenvalue weighted by Crippen LogP contribution is 2.33. The van der Waals surface area contributed by atoms with Crippen LogP contribution in [0.5, 0.6) is 11.5 Å². The van der Waals surface area contributed by atoms with E-state index in [2.05, 4.69) is 10.3 Å². The Balaban J connectivity index is 1.22. The summed E-state index contributed by atoms with van der Waals surface area (Å²) >= 11 is 1.35. The number of ether oxygens (including phenoxy) is 2. The third-order valence-corrected chi connectivity index (χ3v) is 6.35. The Morgan fingerprint density at radius 3 is 2.35 bits per heavy atom. The van der Waals surface area contributed by atoms with Gasteiger partial charge in [-0.15, -0.1) is 11.3 Å². The molecule has 0 aliphatic carbocycles. The number of anilines is 1. The molecule has 0 bridgehead atoms. The van der Waals surface area contributed by atoms with E-state index in [1.807, 2.05) is 23.6 Å². The van der Waals surface area contributed by atoms with Crippen LogP contribution < -0.4 is 14.8 Å². The molecule has 4 rings (SSSR count). The van der Waals surface area contributed by atoms with E-state index in [1.165, 1.54) is 16.2 Å². The highest BCUT2D eigenvalue weighted by Gasteiger charge is 2.34. The van der Waals surface area contributed by atoms with Crippen molar-refractivity contribution in [1.82, 2.24) is 9.88 Å². The molecule has 2 aromatic carbocycles. The van der Waals surface area contributed by atoms with Crippen molar-refractivity contribution in [2.24, 2.45) is 0 Å². The third kappa shape index (κ3) is 4.94. The van der Waals surface area contributed by atoms with E-state index >= 15 is 0 Å². The molecule has 3 amide bonds. The van der Waals surface area contributed by atoms with E-state index in [-0.39, 0.29) is 17.7 Å². The predicted molar refractivity (Wildman–Crippen MR) is 130 cm³/mol. The fourth-order valence-electron chi connectivity index (χ4n) is 3.82. The Bertz CT molecular complexity index is 1190. The van der Waals surface area contributed by atoms with Crippen LogP contribution in [0.4, 0.5) is 5.13 Å². The number of hydrogen-bond donors (Lipinski definition) is 1. The van der Waals surface area contributed by atoms with Gasteiger partial charge in [-0.05, 0) is 43.2 Å². The molecule has 1 aliphatic heterocycles. The number of fused-ring (bicyclic) bond motifs is 1. The molecule has 1 N–H and O–H groups in total. The maximum absolute atomic E-state index is 12.4. The smallest absolute Gasteiger partial charge is 0.261 e. The quantitative estimate of drug-likeness (QED) is 0.337. The van der Waals surface area contributed by atoms with Crippen molar-refractivity contribution in [3.05, 3.63) is 59.0 Å². The monoisotopic (exact) mass is 479 g/mol. The van der Waals surface area contributed by atoms with Crippen molar-refractivity contribution in [1.29, 1.82) is 0 Å². The van der Waals surface area contributed by atoms with Crippen LogP contribution in [0.1, 0.15) is 46.4 Å². The number of benzene rings is 2. The second-order valence-electron chi connectivity index (χ2n) is 7.77. The molecule has 0 saturated carbocycles. The van der Waals surface area contributed by atoms with Crippen LogP contribution in [0.15, 0.2) is 47.8 Å². The molecule has 1 aliphatic rings. The normalized spacial score (nSPS) is 12.6. The number of nitrogens with one attached hydrogen (secondary N) is 1. The minimum absolute atomic E-state index is 0.117. The second kappa shape index (κ2) is 10.5. The van der Waals surface area contributed by atoms with Gasteiger partial charge in [0, 0.05) is 23.9 Å². The first-order chi connectivity index (χ1) is 16.5. The van der Waals surface area contributed by atoms with Gasteiger partial charge in [0.25, 0.3) is 11.8 Å². The minimum Gasteiger partial charge on any atom is -0.493 e. The molecule has 0 fully saturated rings. The largest absolute Gasteiger partial charge is 0.493 e. The Morgan fingerprint density at radius 2 is 1.68 bits per heavy atom. The van der Waals surface area contributed by atoms with Gasteiger partial charge in [-0.25, -0.2) is 4.98 Å². The number of rotatable bonds is 10. The summed E-state index contributed by atoms with van der Waals surface area (Å²) < 4.78 is 10.6. The molecule has 9 heteroatoms. The van der Waals surface area contributed by atoms with Crippen molar-refractivity contribution in [3.8, 4) is 22.8 Å². The fraction of sp³-hybridized carbons (Fsp3) is 0.280. The molecule has 176 valence electrons. The lowest BCUT2D eigenvalue weighted by atomic mass is 10.1. The SMILES string of the molecule is COc1ccc(-c2csc(NC(=O)CCCCCN3C(=O)c4ccccc4C3=O)n2)cc1OC. The van der Waals surface area contributed by atoms with Gasteiger partial charge in [0.1, 0.15) is 0 Å². The number of carbonyl (C=O) groups excluding carboxylic acids is 3. The fourth-order valence-corrected chi connectivity index (χ4v) is 4.55. The number of thiazole rings is 1. The summed E-state index contributed by atoms with van der Waals surface area (Å²) in [5, 5.41) is 5.24. The van der Waals surface area contributed by atoms with E-state index in [1.54, 1.807) is 38.5 Å². The first-order valence-electron chi connectivity index (χ1n) is 10.9. The minimum atomic E-state index is -0.243. The molecular formula is C25H25N3O5S. The molecule has 34 heavy (non-hydrogen) atoms. The van der Waals surface area contributed by atoms with Crippen LogP contribution in [0, 0.1) is 0 Å². The third-order valence-electron chi connectivity index (χ3n) is 5.59. The molecule has 1 aromatic heterocycles. The predicted octanol–water partition coefficient (Wildman–Crippen LogP) is 4.62. The van der Waals surface area contributed by atoms with E-state index in [4.69, 9.17) is 9.47 Å². The Labute approximate surface area is 201 Å². The van der Waals surface area contributed by atoms with Crippen LogP contribution >= 0.6 is 11.3 Å². The average molecular weight is 480 g/mol. The van der Waals surface area contributed by atoms with Gasteiger partial charge in [-0.3, -0.25) is 19.3 Å². The van der Waals surface area contributed by atoms with Crippen molar-refractivity contribution >= 4 is 34.2 Å². The molecule has 8 nitrogen and oxygen atoms in total. The highest BCUT2D eigenvalue weighted by atomic mass is 32.1. The number of nitrogens with zero attached hydrogens (tertiary/aromatic N) is 2. The zero-order valence-corrected chi connectivity index (χ0v) is 19.8. The Kier molecular flexibility index (Phi) is 7.22. The maximum Gasteiger partial charge on any atom is 0.261 e. The number of carbonyl (C=O) groups is 3. The summed E-state index contributed by atoms with van der Waals surface area (Å²) in [6, 6.07) is 12.4. The lowest BCUT2D eigenvalue weighted by Gasteiger charge is -2.13. The summed E-state index contributed by atoms with van der Waals surface area (Å²) in [7, 11) is 3.16. The molecule has 2 heterocycles. The zero-order valence-electron chi connectivity index (χ0n) is 19.0. The van der Waals surface area contributed by atoms with Crippen LogP contribution in [-0.4, -0.2) is 48.4 Å². The number of methoxy groups -OCH3 is 2. The second-order valence-corrected chi connectivity index (χ2v) is 8.63. The molecule has 3 aromatic rings. The molecule has 0 radical (unpaired) electrons. The molecule has 0 spiro atoms. The van der Waals surface area contributed by atoms with Crippen LogP contribution in [0.2, 0.25) is 0 Å². The van der Waals surface area contributed by atoms with Gasteiger partial charge in [0.05, 0.1) is 31.0 Å². The summed E-state index contributed by atoms with van der Waals surface area (Å²) in [6.45, 7) is 0.356. The summed E-state index contributed by atoms with van der Waals surface area (Å²) in [6.07, 6.45) is 2.38. The van der Waals surface area contributed by atoms with Crippen LogP contribution in [0.25, 0.3) is 11.3 Å². The number of hydrogen-bond acceptors (Lipinski definition) is 7. The van der Waals surface area contributed by atoms with Gasteiger partial charge in [-0.2, -0.15) is 0 Å². The lowest BCUT2D eigenvalue weighted by Crippen LogP contribution is -2.30. The maximum atomic E-state index is 12.4. The van der Waals surface area contributed by atoms with E-state index < -0.39 is 0 Å². The molecule has 0 saturated heterocycles. The first kappa shape index (κ1) is 23.4. The van der Waals surface area contributed by atoms with Crippen molar-refractivity contribution in [3.63, 3.8) is 0 Å². The highest BCUT2D eigenvalue weighted by molar-refractivity contribution is 7.14. The first-order valence-corrected chi connectivity index (χ1v) is 11.8. The topological polar surface area (TPSA) is 97.8 Å². The van der Waals surface area contributed by atoms with Crippen LogP contribution in [0.3, 0.4) is 0 Å². The molecular weight excluding hydrogens is 454 g/mol. The van der Waals surface area contributed by atoms with E-state index in [0.29, 0.717) is 53.6 Å². The van der Waals surface area contributed by atoms with Gasteiger partial charge in [-0.1, -0.05) is 18.6 Å². The van der Waals surface area contributed by atoms with Crippen molar-refractivity contribution in [2.75, 3.05) is 26.1 Å². The van der Waals surface area contributed by atoms with Crippen LogP contribution in [-0.2, 0) is 4.79 Å². The summed E-state index contributed by atoms with van der Waals surface area (Å²) in [5.74, 6) is 0.645. The van der Waals surface area contributed by atoms with Gasteiger partial charge in [0.2, 0.25) is 5.91 Å². The van der Waals surface area contributed by atoms with Gasteiger partial charge in [0.15, 0.2) is 16.6 Å². The summed E-state index contributed by atoms with van der Waals surface area (Å²) in [5.41, 5.74) is 2.52. The summed E-state index contributed by atoms with van der Waals surface area (Å²) in [4.78, 5) is 42.8. The number of unbranched alkanes of at least 4 members (excludes halogenated alkanes) is 2. The lowest BCUT2D eigenvalue weighted by molar-refractivity contribution is -0.116. The van der Waals surface area contributed by atoms with Gasteiger partial charge >= 0.3 is 0 Å². The van der Waals surface area contributed by atoms with Crippen molar-refractivity contribution < 1.29 is 23.9 Å². The standard InChI is InChI=1S/C25H25N3O5S/c1-32-20-12-11-16(14-21(20)33-2)19-15-34-25(26-19)27-22(29)10-4-3-7-13-28-23(30)17-8-5-6-9-18(17)24(28)31/h5-6,8-9,11-12,14-15H,3-4,7,10,13H2,1-2H3,(H,26,27,29). The molecule has 0 unspecified atom stereocenters. The van der Waals surface area contributed by atoms with E-state index in [9.17, 15) is 14.4 Å². The number of aromatic nitrogens is 1. The van der Waals surface area contributed by atoms with Crippen molar-refractivity contribution in [2.45, 2.75) is 25.7 Å². The number of imide groups is 1. The van der Waals surface area contributed by atoms with Gasteiger partial charge < -0.3 is 14.8 Å². The number of amides is 3. The Morgan fingerprint density at radius 1 is 0.971 bits per heavy atom. The van der Waals surface area contributed by atoms with E-state index in [0.717, 1.165) is 17.7 Å². The average Bonchev–Trinajstić information content (AvgIpc) is 3.41. The zero-order chi connectivity index (χ0) is 24.1. The molecule has 0 atom stereocenters.